The van der Waals surface area contributed by atoms with Crippen LogP contribution >= 0.6 is 34.4 Å². The topological polar surface area (TPSA) is 51.6 Å². The number of aryl methyl sites for hydroxylation is 2. The summed E-state index contributed by atoms with van der Waals surface area (Å²) in [4.78, 5) is 0. The zero-order valence-electron chi connectivity index (χ0n) is 11.4. The third-order valence-electron chi connectivity index (χ3n) is 2.60. The largest absolute Gasteiger partial charge is 0.151 e. The first-order valence-electron chi connectivity index (χ1n) is 6.51. The Hall–Kier alpha value is -0.530. The van der Waals surface area contributed by atoms with Crippen molar-refractivity contribution in [3.63, 3.8) is 0 Å². The van der Waals surface area contributed by atoms with Crippen molar-refractivity contribution in [3.8, 4) is 0 Å². The van der Waals surface area contributed by atoms with Crippen molar-refractivity contribution in [2.45, 2.75) is 45.3 Å². The molecule has 0 aliphatic carbocycles. The van der Waals surface area contributed by atoms with E-state index in [1.54, 1.807) is 22.7 Å². The number of nitrogens with zero attached hydrogens (tertiary/aromatic N) is 4. The lowest BCUT2D eigenvalue weighted by Gasteiger charge is -2.09. The van der Waals surface area contributed by atoms with E-state index in [1.165, 1.54) is 0 Å². The van der Waals surface area contributed by atoms with E-state index >= 15 is 0 Å². The minimum absolute atomic E-state index is 0.362. The molecule has 19 heavy (non-hydrogen) atoms. The van der Waals surface area contributed by atoms with E-state index in [2.05, 4.69) is 41.2 Å². The maximum absolute atomic E-state index is 4.33. The standard InChI is InChI=1S/C12H18N4S3/c1-4-9-13-15-11(18-9)7-8(17-6-3)12-16-14-10(5-2)19-12/h8H,4-7H2,1-3H3. The number of aromatic nitrogens is 4. The molecular formula is C12H18N4S3. The average molecular weight is 315 g/mol. The van der Waals surface area contributed by atoms with Gasteiger partial charge in [-0.2, -0.15) is 11.8 Å². The first-order valence-corrected chi connectivity index (χ1v) is 9.20. The number of hydrogen-bond acceptors (Lipinski definition) is 7. The highest BCUT2D eigenvalue weighted by Gasteiger charge is 2.19. The fourth-order valence-corrected chi connectivity index (χ4v) is 4.55. The molecule has 0 spiro atoms. The first-order chi connectivity index (χ1) is 9.26. The van der Waals surface area contributed by atoms with Crippen LogP contribution in [0, 0.1) is 0 Å². The lowest BCUT2D eigenvalue weighted by molar-refractivity contribution is 0.843. The molecule has 0 fully saturated rings. The Morgan fingerprint density at radius 2 is 1.53 bits per heavy atom. The van der Waals surface area contributed by atoms with Crippen LogP contribution in [-0.2, 0) is 19.3 Å². The minimum atomic E-state index is 0.362. The van der Waals surface area contributed by atoms with Gasteiger partial charge in [0.25, 0.3) is 0 Å². The molecule has 0 bridgehead atoms. The molecular weight excluding hydrogens is 296 g/mol. The van der Waals surface area contributed by atoms with E-state index in [1.807, 2.05) is 11.8 Å². The Balaban J connectivity index is 2.10. The van der Waals surface area contributed by atoms with Crippen molar-refractivity contribution < 1.29 is 0 Å². The highest BCUT2D eigenvalue weighted by molar-refractivity contribution is 7.99. The monoisotopic (exact) mass is 314 g/mol. The first kappa shape index (κ1) is 14.9. The third kappa shape index (κ3) is 3.97. The zero-order chi connectivity index (χ0) is 13.7. The molecule has 0 aromatic carbocycles. The SMILES string of the molecule is CCSC(Cc1nnc(CC)s1)c1nnc(CC)s1. The summed E-state index contributed by atoms with van der Waals surface area (Å²) in [5, 5.41) is 21.8. The summed E-state index contributed by atoms with van der Waals surface area (Å²) in [5.41, 5.74) is 0. The molecule has 2 aromatic rings. The fourth-order valence-electron chi connectivity index (χ4n) is 1.63. The molecule has 0 aliphatic heterocycles. The highest BCUT2D eigenvalue weighted by atomic mass is 32.2. The molecule has 0 N–H and O–H groups in total. The van der Waals surface area contributed by atoms with Crippen LogP contribution in [0.15, 0.2) is 0 Å². The van der Waals surface area contributed by atoms with Gasteiger partial charge >= 0.3 is 0 Å². The van der Waals surface area contributed by atoms with Gasteiger partial charge in [-0.05, 0) is 18.6 Å². The number of rotatable bonds is 7. The van der Waals surface area contributed by atoms with Crippen molar-refractivity contribution in [1.82, 2.24) is 20.4 Å². The van der Waals surface area contributed by atoms with Gasteiger partial charge in [-0.1, -0.05) is 20.8 Å². The van der Waals surface area contributed by atoms with Gasteiger partial charge in [0.15, 0.2) is 0 Å². The summed E-state index contributed by atoms with van der Waals surface area (Å²) in [6.07, 6.45) is 2.83. The van der Waals surface area contributed by atoms with Gasteiger partial charge in [-0.3, -0.25) is 0 Å². The molecule has 0 amide bonds. The normalized spacial score (nSPS) is 12.8. The van der Waals surface area contributed by atoms with Crippen LogP contribution in [0.4, 0.5) is 0 Å². The van der Waals surface area contributed by atoms with Crippen molar-refractivity contribution >= 4 is 34.4 Å². The van der Waals surface area contributed by atoms with Gasteiger partial charge in [0.05, 0.1) is 5.25 Å². The van der Waals surface area contributed by atoms with Gasteiger partial charge in [0, 0.05) is 6.42 Å². The van der Waals surface area contributed by atoms with Crippen molar-refractivity contribution in [2.75, 3.05) is 5.75 Å². The Kier molecular flexibility index (Phi) is 5.72. The van der Waals surface area contributed by atoms with Gasteiger partial charge in [-0.15, -0.1) is 43.1 Å². The van der Waals surface area contributed by atoms with Crippen LogP contribution < -0.4 is 0 Å². The second-order valence-corrected chi connectivity index (χ2v) is 7.70. The second-order valence-electron chi connectivity index (χ2n) is 3.98. The maximum Gasteiger partial charge on any atom is 0.130 e. The summed E-state index contributed by atoms with van der Waals surface area (Å²) in [6.45, 7) is 6.41. The van der Waals surface area contributed by atoms with Crippen LogP contribution in [0.5, 0.6) is 0 Å². The van der Waals surface area contributed by atoms with Crippen LogP contribution in [-0.4, -0.2) is 26.1 Å². The summed E-state index contributed by atoms with van der Waals surface area (Å²) < 4.78 is 0. The van der Waals surface area contributed by atoms with Gasteiger partial charge < -0.3 is 0 Å². The Morgan fingerprint density at radius 3 is 2.11 bits per heavy atom. The average Bonchev–Trinajstić information content (AvgIpc) is 3.06. The smallest absolute Gasteiger partial charge is 0.130 e. The molecule has 2 heterocycles. The van der Waals surface area contributed by atoms with Gasteiger partial charge in [0.2, 0.25) is 0 Å². The summed E-state index contributed by atoms with van der Waals surface area (Å²) in [6, 6.07) is 0. The van der Waals surface area contributed by atoms with E-state index in [-0.39, 0.29) is 0 Å². The second kappa shape index (κ2) is 7.31. The molecule has 0 aliphatic rings. The molecule has 0 radical (unpaired) electrons. The Bertz CT molecular complexity index is 509. The van der Waals surface area contributed by atoms with Gasteiger partial charge in [0.1, 0.15) is 20.0 Å². The summed E-state index contributed by atoms with van der Waals surface area (Å²) >= 11 is 5.35. The lowest BCUT2D eigenvalue weighted by Crippen LogP contribution is -1.99. The molecule has 104 valence electrons. The summed E-state index contributed by atoms with van der Waals surface area (Å²) in [5.74, 6) is 1.07. The predicted octanol–water partition coefficient (Wildman–Crippen LogP) is 3.55. The zero-order valence-corrected chi connectivity index (χ0v) is 13.9. The number of thioether (sulfide) groups is 1. The lowest BCUT2D eigenvalue weighted by atomic mass is 10.3. The van der Waals surface area contributed by atoms with E-state index in [9.17, 15) is 0 Å². The van der Waals surface area contributed by atoms with E-state index in [4.69, 9.17) is 0 Å². The molecule has 1 atom stereocenters. The molecule has 2 aromatic heterocycles. The maximum atomic E-state index is 4.33. The van der Waals surface area contributed by atoms with E-state index in [0.717, 1.165) is 45.0 Å². The van der Waals surface area contributed by atoms with Crippen molar-refractivity contribution in [1.29, 1.82) is 0 Å². The van der Waals surface area contributed by atoms with Gasteiger partial charge in [-0.25, -0.2) is 0 Å². The third-order valence-corrected chi connectivity index (χ3v) is 6.15. The van der Waals surface area contributed by atoms with Crippen LogP contribution in [0.2, 0.25) is 0 Å². The predicted molar refractivity (Wildman–Crippen MR) is 83.2 cm³/mol. The van der Waals surface area contributed by atoms with Crippen LogP contribution in [0.25, 0.3) is 0 Å². The van der Waals surface area contributed by atoms with Crippen LogP contribution in [0.3, 0.4) is 0 Å². The molecule has 2 rings (SSSR count). The van der Waals surface area contributed by atoms with E-state index in [0.29, 0.717) is 5.25 Å². The number of hydrogen-bond donors (Lipinski definition) is 0. The van der Waals surface area contributed by atoms with Crippen molar-refractivity contribution in [3.05, 3.63) is 20.0 Å². The molecule has 0 saturated heterocycles. The van der Waals surface area contributed by atoms with E-state index < -0.39 is 0 Å². The Labute approximate surface area is 126 Å². The van der Waals surface area contributed by atoms with Crippen LogP contribution in [0.1, 0.15) is 46.1 Å². The molecule has 1 unspecified atom stereocenters. The fraction of sp³-hybridized carbons (Fsp3) is 0.667. The molecule has 7 heteroatoms. The minimum Gasteiger partial charge on any atom is -0.151 e. The van der Waals surface area contributed by atoms with Crippen molar-refractivity contribution in [2.24, 2.45) is 0 Å². The molecule has 0 saturated carbocycles. The molecule has 4 nitrogen and oxygen atoms in total. The highest BCUT2D eigenvalue weighted by Crippen LogP contribution is 2.34. The Morgan fingerprint density at radius 1 is 0.895 bits per heavy atom. The summed E-state index contributed by atoms with van der Waals surface area (Å²) in [7, 11) is 0. The quantitative estimate of drug-likeness (QED) is 0.782.